The number of esters is 1. The van der Waals surface area contributed by atoms with Gasteiger partial charge in [-0.1, -0.05) is 55.1 Å². The number of ether oxygens (including phenoxy) is 2. The van der Waals surface area contributed by atoms with Crippen molar-refractivity contribution in [3.8, 4) is 0 Å². The number of nitrogens with zero attached hydrogens (tertiary/aromatic N) is 2. The molecule has 2 amide bonds. The van der Waals surface area contributed by atoms with E-state index in [1.807, 2.05) is 6.07 Å². The van der Waals surface area contributed by atoms with Gasteiger partial charge in [-0.3, -0.25) is 10.0 Å². The van der Waals surface area contributed by atoms with E-state index in [0.717, 1.165) is 7.11 Å². The smallest absolute Gasteiger partial charge is 0.435 e. The Bertz CT molecular complexity index is 974. The van der Waals surface area contributed by atoms with Crippen LogP contribution in [0.5, 0.6) is 0 Å². The molecule has 0 aliphatic carbocycles. The predicted molar refractivity (Wildman–Crippen MR) is 103 cm³/mol. The van der Waals surface area contributed by atoms with Crippen LogP contribution in [0.1, 0.15) is 11.1 Å². The number of hydrogen-bond donors (Lipinski definition) is 1. The van der Waals surface area contributed by atoms with E-state index >= 15 is 0 Å². The SMILES string of the molecule is C=C(C(=O)OC)[C@@]1(N(O)C(=O)OCc2ccccc2)C(=O)N(C)c2ccccc21. The zero-order valence-corrected chi connectivity index (χ0v) is 16.0. The number of rotatable bonds is 5. The Morgan fingerprint density at radius 3 is 2.41 bits per heavy atom. The number of hydroxylamine groups is 2. The summed E-state index contributed by atoms with van der Waals surface area (Å²) in [5.41, 5.74) is -1.31. The monoisotopic (exact) mass is 396 g/mol. The van der Waals surface area contributed by atoms with Crippen LogP contribution in [0, 0.1) is 0 Å². The van der Waals surface area contributed by atoms with Gasteiger partial charge >= 0.3 is 12.1 Å². The first-order valence-electron chi connectivity index (χ1n) is 8.70. The van der Waals surface area contributed by atoms with Crippen molar-refractivity contribution in [1.82, 2.24) is 5.06 Å². The highest BCUT2D eigenvalue weighted by molar-refractivity contribution is 6.15. The lowest BCUT2D eigenvalue weighted by atomic mass is 9.83. The van der Waals surface area contributed by atoms with Gasteiger partial charge in [0.05, 0.1) is 12.7 Å². The standard InChI is InChI=1S/C21H20N2O6/c1-14(18(24)28-3)21(16-11-7-8-12-17(16)22(2)19(21)25)23(27)20(26)29-13-15-9-5-4-6-10-15/h4-12,27H,1,13H2,2-3H3/t21-/m0/s1. The number of benzene rings is 2. The van der Waals surface area contributed by atoms with Crippen molar-refractivity contribution < 1.29 is 29.1 Å². The number of anilines is 1. The molecule has 1 aliphatic rings. The van der Waals surface area contributed by atoms with Crippen molar-refractivity contribution in [2.24, 2.45) is 0 Å². The molecule has 1 atom stereocenters. The molecule has 0 radical (unpaired) electrons. The second-order valence-corrected chi connectivity index (χ2v) is 6.41. The predicted octanol–water partition coefficient (Wildman–Crippen LogP) is 2.62. The van der Waals surface area contributed by atoms with Crippen molar-refractivity contribution in [2.45, 2.75) is 12.1 Å². The van der Waals surface area contributed by atoms with Gasteiger partial charge in [0.2, 0.25) is 5.54 Å². The molecule has 1 N–H and O–H groups in total. The minimum atomic E-state index is -2.20. The van der Waals surface area contributed by atoms with Gasteiger partial charge in [-0.05, 0) is 11.6 Å². The molecule has 0 fully saturated rings. The molecular weight excluding hydrogens is 376 g/mol. The molecule has 0 unspecified atom stereocenters. The summed E-state index contributed by atoms with van der Waals surface area (Å²) < 4.78 is 9.87. The molecular formula is C21H20N2O6. The van der Waals surface area contributed by atoms with Gasteiger partial charge in [-0.2, -0.15) is 5.06 Å². The quantitative estimate of drug-likeness (QED) is 0.361. The largest absolute Gasteiger partial charge is 0.466 e. The van der Waals surface area contributed by atoms with Crippen LogP contribution >= 0.6 is 0 Å². The molecule has 150 valence electrons. The summed E-state index contributed by atoms with van der Waals surface area (Å²) in [6.07, 6.45) is -1.21. The highest BCUT2D eigenvalue weighted by Gasteiger charge is 2.60. The van der Waals surface area contributed by atoms with Crippen LogP contribution in [-0.4, -0.2) is 42.4 Å². The third kappa shape index (κ3) is 3.13. The normalized spacial score (nSPS) is 17.5. The number of hydrogen-bond acceptors (Lipinski definition) is 6. The van der Waals surface area contributed by atoms with Gasteiger partial charge in [0.15, 0.2) is 0 Å². The first-order chi connectivity index (χ1) is 13.9. The molecule has 3 rings (SSSR count). The van der Waals surface area contributed by atoms with Gasteiger partial charge < -0.3 is 14.4 Å². The molecule has 0 spiro atoms. The van der Waals surface area contributed by atoms with E-state index in [4.69, 9.17) is 9.47 Å². The van der Waals surface area contributed by atoms with Crippen LogP contribution < -0.4 is 4.90 Å². The third-order valence-corrected chi connectivity index (χ3v) is 4.83. The van der Waals surface area contributed by atoms with E-state index < -0.39 is 29.1 Å². The Hall–Kier alpha value is -3.65. The van der Waals surface area contributed by atoms with Crippen LogP contribution in [0.15, 0.2) is 66.7 Å². The van der Waals surface area contributed by atoms with Crippen LogP contribution in [-0.2, 0) is 31.2 Å². The minimum absolute atomic E-state index is 0.111. The van der Waals surface area contributed by atoms with Crippen molar-refractivity contribution in [3.05, 3.63) is 77.9 Å². The Morgan fingerprint density at radius 1 is 1.14 bits per heavy atom. The fourth-order valence-electron chi connectivity index (χ4n) is 3.35. The number of likely N-dealkylation sites (N-methyl/N-ethyl adjacent to an activating group) is 1. The second-order valence-electron chi connectivity index (χ2n) is 6.41. The molecule has 8 heteroatoms. The van der Waals surface area contributed by atoms with E-state index in [1.165, 1.54) is 18.0 Å². The fourth-order valence-corrected chi connectivity index (χ4v) is 3.35. The molecule has 2 aromatic carbocycles. The average molecular weight is 396 g/mol. The van der Waals surface area contributed by atoms with Crippen molar-refractivity contribution in [3.63, 3.8) is 0 Å². The van der Waals surface area contributed by atoms with E-state index in [9.17, 15) is 19.6 Å². The molecule has 1 heterocycles. The number of carbonyl (C=O) groups is 3. The summed E-state index contributed by atoms with van der Waals surface area (Å²) in [5.74, 6) is -1.69. The lowest BCUT2D eigenvalue weighted by Crippen LogP contribution is -2.56. The summed E-state index contributed by atoms with van der Waals surface area (Å²) in [6, 6.07) is 15.3. The maximum absolute atomic E-state index is 13.2. The van der Waals surface area contributed by atoms with Gasteiger partial charge in [0.1, 0.15) is 6.61 Å². The van der Waals surface area contributed by atoms with Crippen LogP contribution in [0.3, 0.4) is 0 Å². The molecule has 2 aromatic rings. The first kappa shape index (κ1) is 20.1. The summed E-state index contributed by atoms with van der Waals surface area (Å²) in [7, 11) is 2.59. The van der Waals surface area contributed by atoms with E-state index in [0.29, 0.717) is 11.3 Å². The number of carbonyl (C=O) groups excluding carboxylic acids is 3. The highest BCUT2D eigenvalue weighted by atomic mass is 16.6. The maximum Gasteiger partial charge on any atom is 0.435 e. The topological polar surface area (TPSA) is 96.4 Å². The number of methoxy groups -OCH3 is 1. The van der Waals surface area contributed by atoms with Gasteiger partial charge in [-0.15, -0.1) is 0 Å². The molecule has 29 heavy (non-hydrogen) atoms. The lowest BCUT2D eigenvalue weighted by Gasteiger charge is -2.34. The Kier molecular flexibility index (Phi) is 5.38. The second kappa shape index (κ2) is 7.76. The maximum atomic E-state index is 13.2. The van der Waals surface area contributed by atoms with Crippen molar-refractivity contribution >= 4 is 23.7 Å². The zero-order chi connectivity index (χ0) is 21.2. The van der Waals surface area contributed by atoms with E-state index in [1.54, 1.807) is 42.5 Å². The Balaban J connectivity index is 2.03. The number of fused-ring (bicyclic) bond motifs is 1. The summed E-state index contributed by atoms with van der Waals surface area (Å²) in [6.45, 7) is 3.52. The number of para-hydroxylation sites is 1. The van der Waals surface area contributed by atoms with Gasteiger partial charge in [0.25, 0.3) is 5.91 Å². The molecule has 0 aromatic heterocycles. The molecule has 0 saturated heterocycles. The molecule has 8 nitrogen and oxygen atoms in total. The molecule has 0 bridgehead atoms. The summed E-state index contributed by atoms with van der Waals surface area (Å²) >= 11 is 0. The molecule has 1 aliphatic heterocycles. The first-order valence-corrected chi connectivity index (χ1v) is 8.70. The lowest BCUT2D eigenvalue weighted by molar-refractivity contribution is -0.165. The van der Waals surface area contributed by atoms with Gasteiger partial charge in [0, 0.05) is 18.3 Å². The van der Waals surface area contributed by atoms with Gasteiger partial charge in [-0.25, -0.2) is 9.59 Å². The third-order valence-electron chi connectivity index (χ3n) is 4.83. The van der Waals surface area contributed by atoms with Crippen molar-refractivity contribution in [1.29, 1.82) is 0 Å². The Morgan fingerprint density at radius 2 is 1.76 bits per heavy atom. The fraction of sp³-hybridized carbons (Fsp3) is 0.190. The Labute approximate surface area is 167 Å². The van der Waals surface area contributed by atoms with Crippen LogP contribution in [0.25, 0.3) is 0 Å². The molecule has 0 saturated carbocycles. The van der Waals surface area contributed by atoms with Crippen molar-refractivity contribution in [2.75, 3.05) is 19.1 Å². The highest BCUT2D eigenvalue weighted by Crippen LogP contribution is 2.47. The average Bonchev–Trinajstić information content (AvgIpc) is 2.99. The van der Waals surface area contributed by atoms with Crippen LogP contribution in [0.2, 0.25) is 0 Å². The van der Waals surface area contributed by atoms with E-state index in [-0.39, 0.29) is 17.2 Å². The van der Waals surface area contributed by atoms with Crippen LogP contribution in [0.4, 0.5) is 10.5 Å². The summed E-state index contributed by atoms with van der Waals surface area (Å²) in [5, 5.41) is 10.9. The number of amides is 2. The minimum Gasteiger partial charge on any atom is -0.466 e. The zero-order valence-electron chi connectivity index (χ0n) is 16.0. The summed E-state index contributed by atoms with van der Waals surface area (Å²) in [4.78, 5) is 39.4. The van der Waals surface area contributed by atoms with E-state index in [2.05, 4.69) is 6.58 Å².